The molecular weight excluding hydrogens is 214 g/mol. The summed E-state index contributed by atoms with van der Waals surface area (Å²) in [6.07, 6.45) is -2.70. The Morgan fingerprint density at radius 1 is 1.38 bits per heavy atom. The van der Waals surface area contributed by atoms with Gasteiger partial charge in [-0.05, 0) is 17.7 Å². The summed E-state index contributed by atoms with van der Waals surface area (Å²) in [5.74, 6) is -1.22. The lowest BCUT2D eigenvalue weighted by atomic mass is 10.0. The molecule has 0 aliphatic rings. The molecule has 0 aliphatic carbocycles. The SMILES string of the molecule is Nc1ccc(C(O)C(O)CO)cc1C(=O)O. The van der Waals surface area contributed by atoms with Crippen LogP contribution in [0.1, 0.15) is 22.0 Å². The second-order valence-corrected chi connectivity index (χ2v) is 3.35. The van der Waals surface area contributed by atoms with Crippen molar-refractivity contribution in [1.82, 2.24) is 0 Å². The van der Waals surface area contributed by atoms with Crippen LogP contribution in [0.5, 0.6) is 0 Å². The Bertz CT molecular complexity index is 393. The summed E-state index contributed by atoms with van der Waals surface area (Å²) in [4.78, 5) is 10.8. The maximum Gasteiger partial charge on any atom is 0.337 e. The van der Waals surface area contributed by atoms with Gasteiger partial charge < -0.3 is 26.2 Å². The second-order valence-electron chi connectivity index (χ2n) is 3.35. The van der Waals surface area contributed by atoms with E-state index in [1.165, 1.54) is 18.2 Å². The fraction of sp³-hybridized carbons (Fsp3) is 0.300. The molecule has 1 rings (SSSR count). The van der Waals surface area contributed by atoms with Crippen LogP contribution in [0, 0.1) is 0 Å². The topological polar surface area (TPSA) is 124 Å². The Morgan fingerprint density at radius 3 is 2.50 bits per heavy atom. The van der Waals surface area contributed by atoms with Gasteiger partial charge in [-0.2, -0.15) is 0 Å². The molecule has 6 nitrogen and oxygen atoms in total. The molecule has 0 aromatic heterocycles. The first-order chi connectivity index (χ1) is 7.47. The van der Waals surface area contributed by atoms with Crippen molar-refractivity contribution in [3.8, 4) is 0 Å². The lowest BCUT2D eigenvalue weighted by Gasteiger charge is -2.16. The van der Waals surface area contributed by atoms with Crippen molar-refractivity contribution in [2.45, 2.75) is 12.2 Å². The van der Waals surface area contributed by atoms with Gasteiger partial charge in [-0.15, -0.1) is 0 Å². The van der Waals surface area contributed by atoms with E-state index in [0.29, 0.717) is 0 Å². The fourth-order valence-corrected chi connectivity index (χ4v) is 1.27. The molecule has 0 amide bonds. The van der Waals surface area contributed by atoms with Crippen molar-refractivity contribution in [3.63, 3.8) is 0 Å². The normalized spacial score (nSPS) is 14.4. The number of nitrogen functional groups attached to an aromatic ring is 1. The quantitative estimate of drug-likeness (QED) is 0.435. The molecule has 0 aliphatic heterocycles. The van der Waals surface area contributed by atoms with E-state index in [9.17, 15) is 15.0 Å². The van der Waals surface area contributed by atoms with Crippen LogP contribution in [0.3, 0.4) is 0 Å². The van der Waals surface area contributed by atoms with Gasteiger partial charge in [-0.1, -0.05) is 6.07 Å². The number of aromatic carboxylic acids is 1. The summed E-state index contributed by atoms with van der Waals surface area (Å²) in [6, 6.07) is 3.89. The minimum atomic E-state index is -1.36. The van der Waals surface area contributed by atoms with Gasteiger partial charge in [0.15, 0.2) is 0 Å². The van der Waals surface area contributed by atoms with Gasteiger partial charge in [-0.25, -0.2) is 4.79 Å². The smallest absolute Gasteiger partial charge is 0.337 e. The number of rotatable bonds is 4. The molecule has 6 heteroatoms. The first kappa shape index (κ1) is 12.4. The molecule has 1 aromatic rings. The lowest BCUT2D eigenvalue weighted by molar-refractivity contribution is -0.0152. The Morgan fingerprint density at radius 2 is 2.00 bits per heavy atom. The van der Waals surface area contributed by atoms with Gasteiger partial charge in [0.25, 0.3) is 0 Å². The molecule has 0 bridgehead atoms. The third-order valence-corrected chi connectivity index (χ3v) is 2.20. The molecular formula is C10H13NO5. The highest BCUT2D eigenvalue weighted by Gasteiger charge is 2.19. The Labute approximate surface area is 91.6 Å². The summed E-state index contributed by atoms with van der Waals surface area (Å²) >= 11 is 0. The zero-order valence-corrected chi connectivity index (χ0v) is 8.37. The number of benzene rings is 1. The van der Waals surface area contributed by atoms with Gasteiger partial charge in [0.2, 0.25) is 0 Å². The maximum atomic E-state index is 10.8. The first-order valence-corrected chi connectivity index (χ1v) is 4.57. The molecule has 0 spiro atoms. The van der Waals surface area contributed by atoms with Crippen LogP contribution in [-0.2, 0) is 0 Å². The van der Waals surface area contributed by atoms with Gasteiger partial charge in [-0.3, -0.25) is 0 Å². The molecule has 0 radical (unpaired) electrons. The van der Waals surface area contributed by atoms with Crippen LogP contribution >= 0.6 is 0 Å². The predicted molar refractivity (Wildman–Crippen MR) is 55.9 cm³/mol. The highest BCUT2D eigenvalue weighted by atomic mass is 16.4. The van der Waals surface area contributed by atoms with Crippen LogP contribution in [0.2, 0.25) is 0 Å². The number of carboxylic acids is 1. The minimum absolute atomic E-state index is 0.0712. The van der Waals surface area contributed by atoms with Crippen LogP contribution in [0.15, 0.2) is 18.2 Å². The Kier molecular flexibility index (Phi) is 3.83. The molecule has 16 heavy (non-hydrogen) atoms. The molecule has 1 aromatic carbocycles. The monoisotopic (exact) mass is 227 g/mol. The van der Waals surface area contributed by atoms with Crippen LogP contribution < -0.4 is 5.73 Å². The van der Waals surface area contributed by atoms with Gasteiger partial charge >= 0.3 is 5.97 Å². The van der Waals surface area contributed by atoms with E-state index in [1.807, 2.05) is 0 Å². The number of aliphatic hydroxyl groups is 3. The Balaban J connectivity index is 3.07. The Hall–Kier alpha value is -1.63. The van der Waals surface area contributed by atoms with E-state index in [0.717, 1.165) is 0 Å². The van der Waals surface area contributed by atoms with Crippen molar-refractivity contribution in [3.05, 3.63) is 29.3 Å². The van der Waals surface area contributed by atoms with Gasteiger partial charge in [0, 0.05) is 5.69 Å². The summed E-state index contributed by atoms with van der Waals surface area (Å²) < 4.78 is 0. The third kappa shape index (κ3) is 2.48. The summed E-state index contributed by atoms with van der Waals surface area (Å²) in [7, 11) is 0. The second kappa shape index (κ2) is 4.93. The largest absolute Gasteiger partial charge is 0.478 e. The van der Waals surface area contributed by atoms with Crippen molar-refractivity contribution in [2.24, 2.45) is 0 Å². The van der Waals surface area contributed by atoms with E-state index in [-0.39, 0.29) is 16.8 Å². The van der Waals surface area contributed by atoms with Gasteiger partial charge in [0.1, 0.15) is 12.2 Å². The molecule has 0 saturated carbocycles. The number of anilines is 1. The van der Waals surface area contributed by atoms with Gasteiger partial charge in [0.05, 0.1) is 12.2 Å². The molecule has 0 heterocycles. The first-order valence-electron chi connectivity index (χ1n) is 4.57. The third-order valence-electron chi connectivity index (χ3n) is 2.20. The van der Waals surface area contributed by atoms with Crippen molar-refractivity contribution >= 4 is 11.7 Å². The zero-order valence-electron chi connectivity index (χ0n) is 8.37. The predicted octanol–water partition coefficient (Wildman–Crippen LogP) is -0.646. The van der Waals surface area contributed by atoms with Crippen LogP contribution in [-0.4, -0.2) is 39.1 Å². The number of carboxylic acid groups (broad SMARTS) is 1. The average molecular weight is 227 g/mol. The van der Waals surface area contributed by atoms with E-state index in [1.54, 1.807) is 0 Å². The molecule has 0 saturated heterocycles. The summed E-state index contributed by atoms with van der Waals surface area (Å²) in [6.45, 7) is -0.617. The lowest BCUT2D eigenvalue weighted by Crippen LogP contribution is -2.22. The van der Waals surface area contributed by atoms with E-state index >= 15 is 0 Å². The molecule has 2 unspecified atom stereocenters. The molecule has 6 N–H and O–H groups in total. The number of carbonyl (C=O) groups is 1. The molecule has 0 fully saturated rings. The number of hydrogen-bond acceptors (Lipinski definition) is 5. The summed E-state index contributed by atoms with van der Waals surface area (Å²) in [5, 5.41) is 36.2. The van der Waals surface area contributed by atoms with Crippen LogP contribution in [0.25, 0.3) is 0 Å². The molecule has 88 valence electrons. The highest BCUT2D eigenvalue weighted by Crippen LogP contribution is 2.21. The highest BCUT2D eigenvalue weighted by molar-refractivity contribution is 5.93. The number of hydrogen-bond donors (Lipinski definition) is 5. The maximum absolute atomic E-state index is 10.8. The van der Waals surface area contributed by atoms with E-state index in [2.05, 4.69) is 0 Å². The fourth-order valence-electron chi connectivity index (χ4n) is 1.27. The minimum Gasteiger partial charge on any atom is -0.478 e. The van der Waals surface area contributed by atoms with Crippen molar-refractivity contribution in [1.29, 1.82) is 0 Å². The van der Waals surface area contributed by atoms with Crippen molar-refractivity contribution in [2.75, 3.05) is 12.3 Å². The zero-order chi connectivity index (χ0) is 12.3. The van der Waals surface area contributed by atoms with E-state index < -0.39 is 24.8 Å². The summed E-state index contributed by atoms with van der Waals surface area (Å²) in [5.41, 5.74) is 5.53. The molecule has 2 atom stereocenters. The number of nitrogens with two attached hydrogens (primary N) is 1. The van der Waals surface area contributed by atoms with Crippen molar-refractivity contribution < 1.29 is 25.2 Å². The standard InChI is InChI=1S/C10H13NO5/c11-7-2-1-5(3-6(7)10(15)16)9(14)8(13)4-12/h1-3,8-9,12-14H,4,11H2,(H,15,16). The average Bonchev–Trinajstić information content (AvgIpc) is 2.27. The van der Waals surface area contributed by atoms with Crippen LogP contribution in [0.4, 0.5) is 5.69 Å². The number of aliphatic hydroxyl groups excluding tert-OH is 3. The van der Waals surface area contributed by atoms with E-state index in [4.69, 9.17) is 15.9 Å².